The van der Waals surface area contributed by atoms with E-state index in [9.17, 15) is 0 Å². The van der Waals surface area contributed by atoms with Crippen LogP contribution >= 0.6 is 0 Å². The number of rotatable bonds is 2. The maximum Gasteiger partial charge on any atom is 0.0727 e. The van der Waals surface area contributed by atoms with Gasteiger partial charge in [-0.25, -0.2) is 0 Å². The van der Waals surface area contributed by atoms with Crippen LogP contribution in [0.15, 0.2) is 0 Å². The first-order valence-electron chi connectivity index (χ1n) is 4.54. The van der Waals surface area contributed by atoms with Gasteiger partial charge in [-0.1, -0.05) is 20.3 Å². The monoisotopic (exact) mass is 157 g/mol. The molecule has 0 bridgehead atoms. The molecule has 2 unspecified atom stereocenters. The van der Waals surface area contributed by atoms with Gasteiger partial charge in [-0.2, -0.15) is 0 Å². The van der Waals surface area contributed by atoms with Crippen molar-refractivity contribution in [3.8, 4) is 0 Å². The Labute approximate surface area is 69.5 Å². The van der Waals surface area contributed by atoms with Gasteiger partial charge in [0.25, 0.3) is 0 Å². The summed E-state index contributed by atoms with van der Waals surface area (Å²) in [5, 5.41) is 0. The predicted octanol–water partition coefficient (Wildman–Crippen LogP) is 1.36. The summed E-state index contributed by atoms with van der Waals surface area (Å²) in [6.45, 7) is 7.60. The molecule has 66 valence electrons. The summed E-state index contributed by atoms with van der Waals surface area (Å²) < 4.78 is 5.66. The SMILES string of the molecule is CCC(C)C1CN(C)CCO1. The molecule has 0 aromatic carbocycles. The van der Waals surface area contributed by atoms with Crippen molar-refractivity contribution in [2.24, 2.45) is 5.92 Å². The molecule has 1 saturated heterocycles. The van der Waals surface area contributed by atoms with Crippen LogP contribution in [0, 0.1) is 5.92 Å². The number of hydrogen-bond donors (Lipinski definition) is 0. The zero-order valence-corrected chi connectivity index (χ0v) is 7.84. The highest BCUT2D eigenvalue weighted by atomic mass is 16.5. The van der Waals surface area contributed by atoms with Crippen molar-refractivity contribution in [2.45, 2.75) is 26.4 Å². The average Bonchev–Trinajstić information content (AvgIpc) is 2.03. The van der Waals surface area contributed by atoms with Gasteiger partial charge in [0, 0.05) is 13.1 Å². The molecule has 0 aromatic heterocycles. The summed E-state index contributed by atoms with van der Waals surface area (Å²) in [6, 6.07) is 0. The summed E-state index contributed by atoms with van der Waals surface area (Å²) >= 11 is 0. The normalized spacial score (nSPS) is 30.3. The Bertz CT molecular complexity index is 116. The molecule has 0 saturated carbocycles. The van der Waals surface area contributed by atoms with Crippen LogP contribution in [0.3, 0.4) is 0 Å². The van der Waals surface area contributed by atoms with E-state index in [0.717, 1.165) is 19.7 Å². The Kier molecular flexibility index (Phi) is 3.34. The van der Waals surface area contributed by atoms with Crippen LogP contribution in [0.5, 0.6) is 0 Å². The lowest BCUT2D eigenvalue weighted by Crippen LogP contribution is -2.42. The van der Waals surface area contributed by atoms with E-state index in [1.54, 1.807) is 0 Å². The fourth-order valence-electron chi connectivity index (χ4n) is 1.42. The summed E-state index contributed by atoms with van der Waals surface area (Å²) in [4.78, 5) is 2.35. The van der Waals surface area contributed by atoms with Crippen molar-refractivity contribution in [3.05, 3.63) is 0 Å². The topological polar surface area (TPSA) is 12.5 Å². The lowest BCUT2D eigenvalue weighted by molar-refractivity contribution is -0.0469. The zero-order chi connectivity index (χ0) is 8.27. The molecule has 2 atom stereocenters. The molecule has 0 aromatic rings. The summed E-state index contributed by atoms with van der Waals surface area (Å²) in [7, 11) is 2.16. The minimum Gasteiger partial charge on any atom is -0.375 e. The van der Waals surface area contributed by atoms with Gasteiger partial charge in [0.15, 0.2) is 0 Å². The molecule has 1 fully saturated rings. The zero-order valence-electron chi connectivity index (χ0n) is 7.84. The predicted molar refractivity (Wildman–Crippen MR) is 46.7 cm³/mol. The molecule has 0 aliphatic carbocycles. The molecular weight excluding hydrogens is 138 g/mol. The van der Waals surface area contributed by atoms with Crippen molar-refractivity contribution in [2.75, 3.05) is 26.7 Å². The number of nitrogens with zero attached hydrogens (tertiary/aromatic N) is 1. The number of likely N-dealkylation sites (N-methyl/N-ethyl adjacent to an activating group) is 1. The van der Waals surface area contributed by atoms with Crippen LogP contribution in [0.25, 0.3) is 0 Å². The third kappa shape index (κ3) is 2.46. The average molecular weight is 157 g/mol. The lowest BCUT2D eigenvalue weighted by Gasteiger charge is -2.33. The Morgan fingerprint density at radius 1 is 1.64 bits per heavy atom. The Morgan fingerprint density at radius 2 is 2.36 bits per heavy atom. The van der Waals surface area contributed by atoms with E-state index in [-0.39, 0.29) is 0 Å². The Hall–Kier alpha value is -0.0800. The number of hydrogen-bond acceptors (Lipinski definition) is 2. The molecule has 2 heteroatoms. The van der Waals surface area contributed by atoms with E-state index in [0.29, 0.717) is 12.0 Å². The molecule has 0 N–H and O–H groups in total. The molecule has 0 amide bonds. The van der Waals surface area contributed by atoms with Gasteiger partial charge in [0.1, 0.15) is 0 Å². The van der Waals surface area contributed by atoms with E-state index >= 15 is 0 Å². The fraction of sp³-hybridized carbons (Fsp3) is 1.00. The molecule has 0 spiro atoms. The van der Waals surface area contributed by atoms with Gasteiger partial charge in [-0.15, -0.1) is 0 Å². The van der Waals surface area contributed by atoms with Gasteiger partial charge in [0.05, 0.1) is 12.7 Å². The second-order valence-electron chi connectivity index (χ2n) is 3.56. The molecule has 1 heterocycles. The third-order valence-corrected chi connectivity index (χ3v) is 2.58. The molecule has 1 aliphatic rings. The van der Waals surface area contributed by atoms with Crippen LogP contribution in [0.4, 0.5) is 0 Å². The summed E-state index contributed by atoms with van der Waals surface area (Å²) in [5.74, 6) is 0.706. The van der Waals surface area contributed by atoms with Crippen molar-refractivity contribution in [1.29, 1.82) is 0 Å². The minimum atomic E-state index is 0.471. The summed E-state index contributed by atoms with van der Waals surface area (Å²) in [6.07, 6.45) is 1.69. The van der Waals surface area contributed by atoms with E-state index in [4.69, 9.17) is 4.74 Å². The summed E-state index contributed by atoms with van der Waals surface area (Å²) in [5.41, 5.74) is 0. The largest absolute Gasteiger partial charge is 0.375 e. The van der Waals surface area contributed by atoms with Crippen molar-refractivity contribution in [1.82, 2.24) is 4.90 Å². The molecule has 1 rings (SSSR count). The second-order valence-corrected chi connectivity index (χ2v) is 3.56. The minimum absolute atomic E-state index is 0.471. The first-order valence-corrected chi connectivity index (χ1v) is 4.54. The standard InChI is InChI=1S/C9H19NO/c1-4-8(2)9-7-10(3)5-6-11-9/h8-9H,4-7H2,1-3H3. The maximum absolute atomic E-state index is 5.66. The highest BCUT2D eigenvalue weighted by molar-refractivity contribution is 4.72. The van der Waals surface area contributed by atoms with Gasteiger partial charge < -0.3 is 9.64 Å². The molecule has 0 radical (unpaired) electrons. The van der Waals surface area contributed by atoms with Crippen LogP contribution in [0.1, 0.15) is 20.3 Å². The molecule has 11 heavy (non-hydrogen) atoms. The first kappa shape index (κ1) is 9.01. The molecule has 2 nitrogen and oxygen atoms in total. The van der Waals surface area contributed by atoms with Crippen LogP contribution in [-0.2, 0) is 4.74 Å². The van der Waals surface area contributed by atoms with Crippen LogP contribution in [0.2, 0.25) is 0 Å². The first-order chi connectivity index (χ1) is 5.24. The highest BCUT2D eigenvalue weighted by Crippen LogP contribution is 2.15. The van der Waals surface area contributed by atoms with Crippen molar-refractivity contribution >= 4 is 0 Å². The van der Waals surface area contributed by atoms with E-state index in [1.807, 2.05) is 0 Å². The van der Waals surface area contributed by atoms with Crippen LogP contribution < -0.4 is 0 Å². The fourth-order valence-corrected chi connectivity index (χ4v) is 1.42. The second kappa shape index (κ2) is 4.07. The quantitative estimate of drug-likeness (QED) is 0.600. The number of morpholine rings is 1. The molecular formula is C9H19NO. The van der Waals surface area contributed by atoms with Gasteiger partial charge in [0.2, 0.25) is 0 Å². The van der Waals surface area contributed by atoms with Gasteiger partial charge >= 0.3 is 0 Å². The molecule has 1 aliphatic heterocycles. The number of ether oxygens (including phenoxy) is 1. The van der Waals surface area contributed by atoms with E-state index in [2.05, 4.69) is 25.8 Å². The Morgan fingerprint density at radius 3 is 2.91 bits per heavy atom. The van der Waals surface area contributed by atoms with Crippen molar-refractivity contribution < 1.29 is 4.74 Å². The Balaban J connectivity index is 2.33. The van der Waals surface area contributed by atoms with Gasteiger partial charge in [-0.3, -0.25) is 0 Å². The highest BCUT2D eigenvalue weighted by Gasteiger charge is 2.21. The van der Waals surface area contributed by atoms with Gasteiger partial charge in [-0.05, 0) is 13.0 Å². The third-order valence-electron chi connectivity index (χ3n) is 2.58. The van der Waals surface area contributed by atoms with E-state index in [1.165, 1.54) is 6.42 Å². The van der Waals surface area contributed by atoms with E-state index < -0.39 is 0 Å². The maximum atomic E-state index is 5.66. The van der Waals surface area contributed by atoms with Crippen molar-refractivity contribution in [3.63, 3.8) is 0 Å². The lowest BCUT2D eigenvalue weighted by atomic mass is 10.0. The smallest absolute Gasteiger partial charge is 0.0727 e. The van der Waals surface area contributed by atoms with Crippen LogP contribution in [-0.4, -0.2) is 37.7 Å².